The number of rotatable bonds is 6. The summed E-state index contributed by atoms with van der Waals surface area (Å²) in [6.07, 6.45) is 0.895. The number of ether oxygens (including phenoxy) is 1. The zero-order valence-corrected chi connectivity index (χ0v) is 13.0. The molecule has 1 rings (SSSR count). The molecule has 2 atom stereocenters. The van der Waals surface area contributed by atoms with E-state index in [1.165, 1.54) is 5.56 Å². The van der Waals surface area contributed by atoms with E-state index >= 15 is 0 Å². The van der Waals surface area contributed by atoms with Gasteiger partial charge in [0.25, 0.3) is 0 Å². The highest BCUT2D eigenvalue weighted by atomic mass is 16.5. The Balaban J connectivity index is 3.09. The molecular weight excluding hydrogens is 238 g/mol. The predicted molar refractivity (Wildman–Crippen MR) is 78.0 cm³/mol. The molecule has 1 aromatic rings. The van der Waals surface area contributed by atoms with Crippen LogP contribution in [0, 0.1) is 25.7 Å². The standard InChI is InChI=1S/C15H27N3O/c1-9(2)14(19-6)15-17-11(4)13(12(5)18-15)7-10(3)8-16/h9-10,14H,7-8,16H2,1-6H3. The Morgan fingerprint density at radius 1 is 1.11 bits per heavy atom. The maximum absolute atomic E-state index is 5.70. The second kappa shape index (κ2) is 6.96. The summed E-state index contributed by atoms with van der Waals surface area (Å²) >= 11 is 0. The lowest BCUT2D eigenvalue weighted by atomic mass is 9.98. The molecule has 4 heteroatoms. The summed E-state index contributed by atoms with van der Waals surface area (Å²) in [6, 6.07) is 0. The second-order valence-electron chi connectivity index (χ2n) is 5.68. The average Bonchev–Trinajstić information content (AvgIpc) is 2.33. The predicted octanol–water partition coefficient (Wildman–Crippen LogP) is 2.57. The number of aromatic nitrogens is 2. The molecular formula is C15H27N3O. The molecule has 0 bridgehead atoms. The number of methoxy groups -OCH3 is 1. The zero-order chi connectivity index (χ0) is 14.6. The molecule has 0 fully saturated rings. The van der Waals surface area contributed by atoms with E-state index in [9.17, 15) is 0 Å². The third kappa shape index (κ3) is 3.98. The molecule has 0 amide bonds. The van der Waals surface area contributed by atoms with Crippen LogP contribution in [0.4, 0.5) is 0 Å². The maximum Gasteiger partial charge on any atom is 0.157 e. The van der Waals surface area contributed by atoms with Crippen LogP contribution in [0.3, 0.4) is 0 Å². The second-order valence-corrected chi connectivity index (χ2v) is 5.68. The highest BCUT2D eigenvalue weighted by Gasteiger charge is 2.20. The van der Waals surface area contributed by atoms with Gasteiger partial charge in [0.05, 0.1) is 0 Å². The van der Waals surface area contributed by atoms with Crippen molar-refractivity contribution in [3.05, 3.63) is 22.8 Å². The lowest BCUT2D eigenvalue weighted by Crippen LogP contribution is -2.18. The summed E-state index contributed by atoms with van der Waals surface area (Å²) in [7, 11) is 1.71. The third-order valence-corrected chi connectivity index (χ3v) is 3.51. The Morgan fingerprint density at radius 2 is 1.63 bits per heavy atom. The molecule has 0 aliphatic carbocycles. The number of nitrogens with zero attached hydrogens (tertiary/aromatic N) is 2. The summed E-state index contributed by atoms with van der Waals surface area (Å²) in [4.78, 5) is 9.27. The monoisotopic (exact) mass is 265 g/mol. The van der Waals surface area contributed by atoms with Crippen LogP contribution in [0.15, 0.2) is 0 Å². The molecule has 0 radical (unpaired) electrons. The molecule has 0 saturated carbocycles. The smallest absolute Gasteiger partial charge is 0.157 e. The summed E-state index contributed by atoms with van der Waals surface area (Å²) < 4.78 is 5.50. The van der Waals surface area contributed by atoms with Crippen molar-refractivity contribution in [3.8, 4) is 0 Å². The molecule has 4 nitrogen and oxygen atoms in total. The first-order valence-electron chi connectivity index (χ1n) is 6.97. The summed E-state index contributed by atoms with van der Waals surface area (Å²) in [6.45, 7) is 11.2. The molecule has 2 unspecified atom stereocenters. The Morgan fingerprint density at radius 3 is 2.00 bits per heavy atom. The topological polar surface area (TPSA) is 61.0 Å². The first kappa shape index (κ1) is 16.1. The van der Waals surface area contributed by atoms with Crippen molar-refractivity contribution in [1.29, 1.82) is 0 Å². The Bertz CT molecular complexity index is 395. The van der Waals surface area contributed by atoms with Crippen molar-refractivity contribution in [2.24, 2.45) is 17.6 Å². The molecule has 0 aromatic carbocycles. The number of hydrogen-bond donors (Lipinski definition) is 1. The van der Waals surface area contributed by atoms with Gasteiger partial charge in [-0.1, -0.05) is 20.8 Å². The fraction of sp³-hybridized carbons (Fsp3) is 0.733. The van der Waals surface area contributed by atoms with Gasteiger partial charge in [0.15, 0.2) is 5.82 Å². The summed E-state index contributed by atoms with van der Waals surface area (Å²) in [5.41, 5.74) is 9.01. The minimum absolute atomic E-state index is 0.0432. The van der Waals surface area contributed by atoms with Crippen LogP contribution < -0.4 is 5.73 Å². The number of hydrogen-bond acceptors (Lipinski definition) is 4. The largest absolute Gasteiger partial charge is 0.373 e. The highest BCUT2D eigenvalue weighted by Crippen LogP contribution is 2.24. The SMILES string of the molecule is COC(c1nc(C)c(CC(C)CN)c(C)n1)C(C)C. The fourth-order valence-corrected chi connectivity index (χ4v) is 2.30. The van der Waals surface area contributed by atoms with E-state index in [0.29, 0.717) is 18.4 Å². The lowest BCUT2D eigenvalue weighted by Gasteiger charge is -2.20. The van der Waals surface area contributed by atoms with Gasteiger partial charge in [0.2, 0.25) is 0 Å². The molecule has 0 saturated heterocycles. The lowest BCUT2D eigenvalue weighted by molar-refractivity contribution is 0.0571. The van der Waals surface area contributed by atoms with Crippen LogP contribution in [0.25, 0.3) is 0 Å². The van der Waals surface area contributed by atoms with Crippen molar-refractivity contribution in [3.63, 3.8) is 0 Å². The minimum atomic E-state index is -0.0432. The minimum Gasteiger partial charge on any atom is -0.373 e. The first-order valence-corrected chi connectivity index (χ1v) is 6.97. The van der Waals surface area contributed by atoms with E-state index in [-0.39, 0.29) is 6.10 Å². The number of nitrogens with two attached hydrogens (primary N) is 1. The van der Waals surface area contributed by atoms with E-state index in [1.807, 2.05) is 13.8 Å². The van der Waals surface area contributed by atoms with Gasteiger partial charge in [-0.15, -0.1) is 0 Å². The van der Waals surface area contributed by atoms with Gasteiger partial charge in [-0.2, -0.15) is 0 Å². The van der Waals surface area contributed by atoms with Crippen LogP contribution in [0.5, 0.6) is 0 Å². The van der Waals surface area contributed by atoms with E-state index in [2.05, 4.69) is 30.7 Å². The Kier molecular flexibility index (Phi) is 5.88. The van der Waals surface area contributed by atoms with Gasteiger partial charge in [-0.05, 0) is 44.2 Å². The molecule has 0 spiro atoms. The third-order valence-electron chi connectivity index (χ3n) is 3.51. The quantitative estimate of drug-likeness (QED) is 0.858. The van der Waals surface area contributed by atoms with Crippen LogP contribution in [-0.2, 0) is 11.2 Å². The molecule has 1 heterocycles. The van der Waals surface area contributed by atoms with Gasteiger partial charge >= 0.3 is 0 Å². The van der Waals surface area contributed by atoms with E-state index < -0.39 is 0 Å². The van der Waals surface area contributed by atoms with Gasteiger partial charge in [0.1, 0.15) is 6.10 Å². The van der Waals surface area contributed by atoms with Gasteiger partial charge in [-0.25, -0.2) is 9.97 Å². The van der Waals surface area contributed by atoms with Crippen molar-refractivity contribution < 1.29 is 4.74 Å². The highest BCUT2D eigenvalue weighted by molar-refractivity contribution is 5.25. The first-order chi connectivity index (χ1) is 8.90. The van der Waals surface area contributed by atoms with Gasteiger partial charge in [-0.3, -0.25) is 0 Å². The summed E-state index contributed by atoms with van der Waals surface area (Å²) in [5.74, 6) is 1.60. The maximum atomic E-state index is 5.70. The van der Waals surface area contributed by atoms with Crippen molar-refractivity contribution in [2.45, 2.75) is 47.1 Å². The zero-order valence-electron chi connectivity index (χ0n) is 13.0. The molecule has 2 N–H and O–H groups in total. The van der Waals surface area contributed by atoms with Crippen LogP contribution >= 0.6 is 0 Å². The van der Waals surface area contributed by atoms with Crippen molar-refractivity contribution in [1.82, 2.24) is 9.97 Å². The summed E-state index contributed by atoms with van der Waals surface area (Å²) in [5, 5.41) is 0. The van der Waals surface area contributed by atoms with Gasteiger partial charge in [0, 0.05) is 18.5 Å². The molecule has 19 heavy (non-hydrogen) atoms. The Hall–Kier alpha value is -1.00. The normalized spacial score (nSPS) is 14.7. The molecule has 108 valence electrons. The van der Waals surface area contributed by atoms with E-state index in [1.54, 1.807) is 7.11 Å². The van der Waals surface area contributed by atoms with Crippen molar-refractivity contribution in [2.75, 3.05) is 13.7 Å². The van der Waals surface area contributed by atoms with Crippen LogP contribution in [0.2, 0.25) is 0 Å². The van der Waals surface area contributed by atoms with E-state index in [0.717, 1.165) is 23.6 Å². The molecule has 0 aliphatic rings. The van der Waals surface area contributed by atoms with Crippen molar-refractivity contribution >= 4 is 0 Å². The molecule has 1 aromatic heterocycles. The fourth-order valence-electron chi connectivity index (χ4n) is 2.30. The Labute approximate surface area is 116 Å². The van der Waals surface area contributed by atoms with Gasteiger partial charge < -0.3 is 10.5 Å². The van der Waals surface area contributed by atoms with Crippen LogP contribution in [-0.4, -0.2) is 23.6 Å². The molecule has 0 aliphatic heterocycles. The number of aryl methyl sites for hydroxylation is 2. The van der Waals surface area contributed by atoms with E-state index in [4.69, 9.17) is 10.5 Å². The average molecular weight is 265 g/mol. The van der Waals surface area contributed by atoms with Crippen LogP contribution in [0.1, 0.15) is 49.7 Å².